The van der Waals surface area contributed by atoms with Gasteiger partial charge in [-0.3, -0.25) is 14.9 Å². The Bertz CT molecular complexity index is 531. The van der Waals surface area contributed by atoms with Crippen LogP contribution in [0.15, 0.2) is 18.2 Å². The monoisotopic (exact) mass is 280 g/mol. The summed E-state index contributed by atoms with van der Waals surface area (Å²) in [6.07, 6.45) is 2.09. The smallest absolute Gasteiger partial charge is 0.308 e. The molecule has 1 fully saturated rings. The van der Waals surface area contributed by atoms with Gasteiger partial charge in [-0.2, -0.15) is 0 Å². The standard InChI is InChI=1S/C13H16N2O5/c1-20-8-5-6-11(12(7-8)15(18)19)14-10-4-2-3-9(10)13(16)17/h5-7,9-10,14H,2-4H2,1H3,(H,16,17). The minimum absolute atomic E-state index is 0.111. The van der Waals surface area contributed by atoms with Gasteiger partial charge in [0.05, 0.1) is 24.0 Å². The minimum Gasteiger partial charge on any atom is -0.496 e. The lowest BCUT2D eigenvalue weighted by atomic mass is 10.0. The summed E-state index contributed by atoms with van der Waals surface area (Å²) in [5, 5.41) is 23.2. The lowest BCUT2D eigenvalue weighted by molar-refractivity contribution is -0.384. The number of hydrogen-bond acceptors (Lipinski definition) is 5. The quantitative estimate of drug-likeness (QED) is 0.633. The largest absolute Gasteiger partial charge is 0.496 e. The lowest BCUT2D eigenvalue weighted by Gasteiger charge is -2.19. The molecule has 0 radical (unpaired) electrons. The molecule has 0 amide bonds. The Labute approximate surface area is 115 Å². The maximum atomic E-state index is 11.1. The Hall–Kier alpha value is -2.31. The van der Waals surface area contributed by atoms with E-state index in [9.17, 15) is 14.9 Å². The number of carboxylic acid groups (broad SMARTS) is 1. The third-order valence-electron chi connectivity index (χ3n) is 3.58. The average Bonchev–Trinajstić information content (AvgIpc) is 2.87. The summed E-state index contributed by atoms with van der Waals surface area (Å²) in [5.41, 5.74) is 0.217. The molecule has 1 aliphatic carbocycles. The Balaban J connectivity index is 2.24. The van der Waals surface area contributed by atoms with E-state index in [-0.39, 0.29) is 11.7 Å². The van der Waals surface area contributed by atoms with Gasteiger partial charge in [-0.1, -0.05) is 6.42 Å². The number of nitro groups is 1. The van der Waals surface area contributed by atoms with E-state index in [4.69, 9.17) is 9.84 Å². The van der Waals surface area contributed by atoms with Crippen LogP contribution in [0.2, 0.25) is 0 Å². The van der Waals surface area contributed by atoms with Crippen LogP contribution in [0, 0.1) is 16.0 Å². The Morgan fingerprint density at radius 2 is 2.25 bits per heavy atom. The second kappa shape index (κ2) is 5.77. The normalized spacial score (nSPS) is 21.4. The van der Waals surface area contributed by atoms with Crippen molar-refractivity contribution in [2.75, 3.05) is 12.4 Å². The van der Waals surface area contributed by atoms with Crippen molar-refractivity contribution in [2.45, 2.75) is 25.3 Å². The summed E-state index contributed by atoms with van der Waals surface area (Å²) in [6, 6.07) is 4.21. The first-order chi connectivity index (χ1) is 9.52. The first-order valence-corrected chi connectivity index (χ1v) is 6.34. The molecular weight excluding hydrogens is 264 g/mol. The van der Waals surface area contributed by atoms with Crippen LogP contribution >= 0.6 is 0 Å². The van der Waals surface area contributed by atoms with Gasteiger partial charge in [0.2, 0.25) is 0 Å². The number of hydrogen-bond donors (Lipinski definition) is 2. The van der Waals surface area contributed by atoms with E-state index in [0.29, 0.717) is 24.3 Å². The van der Waals surface area contributed by atoms with E-state index >= 15 is 0 Å². The van der Waals surface area contributed by atoms with Crippen LogP contribution < -0.4 is 10.1 Å². The molecule has 0 spiro atoms. The molecule has 0 aromatic heterocycles. The number of carbonyl (C=O) groups is 1. The van der Waals surface area contributed by atoms with Crippen LogP contribution in [0.4, 0.5) is 11.4 Å². The van der Waals surface area contributed by atoms with Crippen molar-refractivity contribution in [3.05, 3.63) is 28.3 Å². The number of anilines is 1. The zero-order valence-corrected chi connectivity index (χ0v) is 11.0. The van der Waals surface area contributed by atoms with Gasteiger partial charge >= 0.3 is 5.97 Å². The number of nitrogens with one attached hydrogen (secondary N) is 1. The highest BCUT2D eigenvalue weighted by Gasteiger charge is 2.34. The van der Waals surface area contributed by atoms with Crippen LogP contribution in [-0.4, -0.2) is 29.2 Å². The van der Waals surface area contributed by atoms with Crippen molar-refractivity contribution in [2.24, 2.45) is 5.92 Å². The fourth-order valence-corrected chi connectivity index (χ4v) is 2.54. The zero-order valence-electron chi connectivity index (χ0n) is 11.0. The summed E-state index contributed by atoms with van der Waals surface area (Å²) in [5.74, 6) is -0.976. The van der Waals surface area contributed by atoms with Gasteiger partial charge in [0.1, 0.15) is 11.4 Å². The second-order valence-electron chi connectivity index (χ2n) is 4.77. The molecule has 0 aliphatic heterocycles. The number of benzene rings is 1. The zero-order chi connectivity index (χ0) is 14.7. The van der Waals surface area contributed by atoms with E-state index in [0.717, 1.165) is 6.42 Å². The maximum absolute atomic E-state index is 11.1. The number of nitrogens with zero attached hydrogens (tertiary/aromatic N) is 1. The van der Waals surface area contributed by atoms with E-state index < -0.39 is 16.8 Å². The Morgan fingerprint density at radius 3 is 2.85 bits per heavy atom. The molecule has 2 N–H and O–H groups in total. The van der Waals surface area contributed by atoms with E-state index in [1.165, 1.54) is 13.2 Å². The highest BCUT2D eigenvalue weighted by atomic mass is 16.6. The van der Waals surface area contributed by atoms with Gasteiger partial charge in [-0.05, 0) is 25.0 Å². The Kier molecular flexibility index (Phi) is 4.07. The highest BCUT2D eigenvalue weighted by Crippen LogP contribution is 2.34. The molecule has 108 valence electrons. The number of aliphatic carboxylic acids is 1. The fraction of sp³-hybridized carbons (Fsp3) is 0.462. The average molecular weight is 280 g/mol. The number of nitro benzene ring substituents is 1. The van der Waals surface area contributed by atoms with Gasteiger partial charge in [0.15, 0.2) is 0 Å². The lowest BCUT2D eigenvalue weighted by Crippen LogP contribution is -2.29. The SMILES string of the molecule is COc1ccc(NC2CCCC2C(=O)O)c([N+](=O)[O-])c1. The van der Waals surface area contributed by atoms with Crippen molar-refractivity contribution >= 4 is 17.3 Å². The van der Waals surface area contributed by atoms with E-state index in [2.05, 4.69) is 5.32 Å². The summed E-state index contributed by atoms with van der Waals surface area (Å²) in [7, 11) is 1.43. The molecule has 20 heavy (non-hydrogen) atoms. The minimum atomic E-state index is -0.865. The molecule has 7 heteroatoms. The number of rotatable bonds is 5. The van der Waals surface area contributed by atoms with Gasteiger partial charge in [-0.25, -0.2) is 0 Å². The van der Waals surface area contributed by atoms with Gasteiger partial charge in [0, 0.05) is 6.04 Å². The molecule has 1 aromatic rings. The van der Waals surface area contributed by atoms with E-state index in [1.54, 1.807) is 12.1 Å². The van der Waals surface area contributed by atoms with Gasteiger partial charge in [0.25, 0.3) is 5.69 Å². The third-order valence-corrected chi connectivity index (χ3v) is 3.58. The van der Waals surface area contributed by atoms with Gasteiger partial charge < -0.3 is 15.2 Å². The molecule has 1 aliphatic rings. The predicted octanol–water partition coefficient (Wildman–Crippen LogP) is 2.27. The first-order valence-electron chi connectivity index (χ1n) is 6.34. The van der Waals surface area contributed by atoms with Crippen molar-refractivity contribution < 1.29 is 19.6 Å². The van der Waals surface area contributed by atoms with E-state index in [1.807, 2.05) is 0 Å². The number of ether oxygens (including phenoxy) is 1. The fourth-order valence-electron chi connectivity index (χ4n) is 2.54. The van der Waals surface area contributed by atoms with Gasteiger partial charge in [-0.15, -0.1) is 0 Å². The molecular formula is C13H16N2O5. The van der Waals surface area contributed by atoms with Crippen molar-refractivity contribution in [3.8, 4) is 5.75 Å². The van der Waals surface area contributed by atoms with Crippen molar-refractivity contribution in [3.63, 3.8) is 0 Å². The van der Waals surface area contributed by atoms with Crippen LogP contribution in [0.1, 0.15) is 19.3 Å². The molecule has 2 rings (SSSR count). The third kappa shape index (κ3) is 2.81. The first kappa shape index (κ1) is 14.1. The highest BCUT2D eigenvalue weighted by molar-refractivity contribution is 5.73. The summed E-state index contributed by atoms with van der Waals surface area (Å²) in [4.78, 5) is 21.7. The topological polar surface area (TPSA) is 102 Å². The number of carboxylic acids is 1. The van der Waals surface area contributed by atoms with Crippen LogP contribution in [0.5, 0.6) is 5.75 Å². The molecule has 1 saturated carbocycles. The van der Waals surface area contributed by atoms with Crippen LogP contribution in [0.25, 0.3) is 0 Å². The molecule has 0 heterocycles. The molecule has 1 aromatic carbocycles. The van der Waals surface area contributed by atoms with Crippen molar-refractivity contribution in [1.82, 2.24) is 0 Å². The molecule has 2 atom stereocenters. The van der Waals surface area contributed by atoms with Crippen molar-refractivity contribution in [1.29, 1.82) is 0 Å². The summed E-state index contributed by atoms with van der Waals surface area (Å²) >= 11 is 0. The molecule has 0 saturated heterocycles. The predicted molar refractivity (Wildman–Crippen MR) is 72.0 cm³/mol. The van der Waals surface area contributed by atoms with Crippen LogP contribution in [0.3, 0.4) is 0 Å². The molecule has 7 nitrogen and oxygen atoms in total. The van der Waals surface area contributed by atoms with Crippen LogP contribution in [-0.2, 0) is 4.79 Å². The maximum Gasteiger partial charge on any atom is 0.308 e. The summed E-state index contributed by atoms with van der Waals surface area (Å²) in [6.45, 7) is 0. The summed E-state index contributed by atoms with van der Waals surface area (Å²) < 4.78 is 4.96. The number of methoxy groups -OCH3 is 1. The molecule has 0 bridgehead atoms. The molecule has 2 unspecified atom stereocenters. The Morgan fingerprint density at radius 1 is 1.50 bits per heavy atom. The second-order valence-corrected chi connectivity index (χ2v) is 4.77.